The molecule has 7 heteroatoms. The molecule has 1 unspecified atom stereocenters. The Morgan fingerprint density at radius 2 is 1.66 bits per heavy atom. The number of rotatable bonds is 8. The minimum absolute atomic E-state index is 0.196. The van der Waals surface area contributed by atoms with E-state index in [1.165, 1.54) is 11.8 Å². The zero-order chi connectivity index (χ0) is 20.1. The van der Waals surface area contributed by atoms with Gasteiger partial charge in [-0.2, -0.15) is 4.98 Å². The highest BCUT2D eigenvalue weighted by molar-refractivity contribution is 7.98. The van der Waals surface area contributed by atoms with E-state index in [0.717, 1.165) is 22.6 Å². The van der Waals surface area contributed by atoms with E-state index in [0.29, 0.717) is 29.3 Å². The smallest absolute Gasteiger partial charge is 0.257 e. The topological polar surface area (TPSA) is 74.2 Å². The lowest BCUT2D eigenvalue weighted by Gasteiger charge is -2.04. The van der Waals surface area contributed by atoms with E-state index < -0.39 is 0 Å². The van der Waals surface area contributed by atoms with Crippen LogP contribution in [-0.4, -0.2) is 21.7 Å². The molecular formula is C22H21N3O3S. The Hall–Kier alpha value is -2.90. The minimum Gasteiger partial charge on any atom is -0.431 e. The molecule has 0 fully saturated rings. The summed E-state index contributed by atoms with van der Waals surface area (Å²) in [4.78, 5) is 9.12. The highest BCUT2D eigenvalue weighted by Gasteiger charge is 2.19. The van der Waals surface area contributed by atoms with E-state index in [-0.39, 0.29) is 6.10 Å². The molecule has 0 amide bonds. The quantitative estimate of drug-likeness (QED) is 0.343. The van der Waals surface area contributed by atoms with Crippen LogP contribution in [0.4, 0.5) is 0 Å². The van der Waals surface area contributed by atoms with Crippen molar-refractivity contribution in [3.05, 3.63) is 72.4 Å². The van der Waals surface area contributed by atoms with Crippen molar-refractivity contribution < 1.29 is 13.7 Å². The minimum atomic E-state index is -0.196. The molecule has 0 aliphatic carbocycles. The van der Waals surface area contributed by atoms with Gasteiger partial charge in [-0.15, -0.1) is 0 Å². The van der Waals surface area contributed by atoms with Crippen molar-refractivity contribution in [1.29, 1.82) is 0 Å². The summed E-state index contributed by atoms with van der Waals surface area (Å²) in [6, 6.07) is 20.0. The molecule has 29 heavy (non-hydrogen) atoms. The van der Waals surface area contributed by atoms with Gasteiger partial charge in [-0.3, -0.25) is 0 Å². The zero-order valence-electron chi connectivity index (χ0n) is 16.2. The van der Waals surface area contributed by atoms with Crippen LogP contribution >= 0.6 is 11.8 Å². The van der Waals surface area contributed by atoms with E-state index in [1.54, 1.807) is 0 Å². The van der Waals surface area contributed by atoms with Gasteiger partial charge in [-0.05, 0) is 13.8 Å². The number of aromatic nitrogens is 3. The number of hydrogen-bond acceptors (Lipinski definition) is 7. The maximum absolute atomic E-state index is 6.11. The molecule has 1 atom stereocenters. The number of ether oxygens (including phenoxy) is 1. The maximum Gasteiger partial charge on any atom is 0.257 e. The Labute approximate surface area is 173 Å². The van der Waals surface area contributed by atoms with Gasteiger partial charge in [0.15, 0.2) is 11.6 Å². The Morgan fingerprint density at radius 1 is 0.966 bits per heavy atom. The van der Waals surface area contributed by atoms with Crippen molar-refractivity contribution in [3.8, 4) is 22.6 Å². The van der Waals surface area contributed by atoms with Crippen LogP contribution in [0, 0.1) is 0 Å². The molecule has 0 spiro atoms. The van der Waals surface area contributed by atoms with Gasteiger partial charge >= 0.3 is 0 Å². The van der Waals surface area contributed by atoms with Crippen molar-refractivity contribution >= 4 is 11.8 Å². The number of benzene rings is 2. The largest absolute Gasteiger partial charge is 0.431 e. The maximum atomic E-state index is 6.11. The van der Waals surface area contributed by atoms with Gasteiger partial charge in [-0.25, -0.2) is 4.98 Å². The fourth-order valence-corrected chi connectivity index (χ4v) is 3.54. The van der Waals surface area contributed by atoms with E-state index in [2.05, 4.69) is 10.1 Å². The molecule has 0 radical (unpaired) electrons. The van der Waals surface area contributed by atoms with Crippen LogP contribution in [0.15, 0.2) is 74.8 Å². The van der Waals surface area contributed by atoms with E-state index in [1.807, 2.05) is 74.5 Å². The van der Waals surface area contributed by atoms with Gasteiger partial charge in [0.25, 0.3) is 5.22 Å². The number of oxazole rings is 1. The lowest BCUT2D eigenvalue weighted by atomic mass is 10.1. The number of hydrogen-bond donors (Lipinski definition) is 0. The Balaban J connectivity index is 1.56. The van der Waals surface area contributed by atoms with Crippen LogP contribution in [-0.2, 0) is 10.5 Å². The summed E-state index contributed by atoms with van der Waals surface area (Å²) >= 11 is 1.42. The third-order valence-electron chi connectivity index (χ3n) is 4.27. The zero-order valence-corrected chi connectivity index (χ0v) is 17.1. The molecule has 0 N–H and O–H groups in total. The predicted octanol–water partition coefficient (Wildman–Crippen LogP) is 5.78. The number of nitrogens with zero attached hydrogens (tertiary/aromatic N) is 3. The van der Waals surface area contributed by atoms with Crippen molar-refractivity contribution in [2.75, 3.05) is 6.61 Å². The standard InChI is InChI=1S/C22H21N3O3S/c1-3-26-15(2)21-23-18(28-25-21)14-29-22-24-19(16-10-6-4-7-11-16)20(27-22)17-12-8-5-9-13-17/h4-13,15H,3,14H2,1-2H3. The first-order chi connectivity index (χ1) is 14.2. The Kier molecular flexibility index (Phi) is 6.07. The van der Waals surface area contributed by atoms with Crippen LogP contribution < -0.4 is 0 Å². The second-order valence-corrected chi connectivity index (χ2v) is 7.25. The fraction of sp³-hybridized carbons (Fsp3) is 0.227. The van der Waals surface area contributed by atoms with Crippen LogP contribution in [0.5, 0.6) is 0 Å². The average Bonchev–Trinajstić information content (AvgIpc) is 3.41. The average molecular weight is 407 g/mol. The van der Waals surface area contributed by atoms with Crippen LogP contribution in [0.2, 0.25) is 0 Å². The Morgan fingerprint density at radius 3 is 2.34 bits per heavy atom. The van der Waals surface area contributed by atoms with Crippen molar-refractivity contribution in [1.82, 2.24) is 15.1 Å². The second-order valence-electron chi connectivity index (χ2n) is 6.32. The molecule has 0 saturated carbocycles. The molecule has 4 rings (SSSR count). The predicted molar refractivity (Wildman–Crippen MR) is 111 cm³/mol. The van der Waals surface area contributed by atoms with E-state index >= 15 is 0 Å². The van der Waals surface area contributed by atoms with Gasteiger partial charge in [0.2, 0.25) is 5.89 Å². The molecule has 0 bridgehead atoms. The summed E-state index contributed by atoms with van der Waals surface area (Å²) in [6.45, 7) is 4.43. The summed E-state index contributed by atoms with van der Waals surface area (Å²) in [5.41, 5.74) is 2.80. The van der Waals surface area contributed by atoms with Gasteiger partial charge in [-0.1, -0.05) is 77.6 Å². The molecule has 148 valence electrons. The lowest BCUT2D eigenvalue weighted by Crippen LogP contribution is -2.01. The van der Waals surface area contributed by atoms with E-state index in [4.69, 9.17) is 18.7 Å². The van der Waals surface area contributed by atoms with Gasteiger partial charge < -0.3 is 13.7 Å². The van der Waals surface area contributed by atoms with Gasteiger partial charge in [0, 0.05) is 17.7 Å². The molecular weight excluding hydrogens is 386 g/mol. The molecule has 6 nitrogen and oxygen atoms in total. The molecule has 0 aliphatic heterocycles. The summed E-state index contributed by atoms with van der Waals surface area (Å²) < 4.78 is 16.9. The van der Waals surface area contributed by atoms with Crippen LogP contribution in [0.25, 0.3) is 22.6 Å². The third-order valence-corrected chi connectivity index (χ3v) is 5.09. The first-order valence-electron chi connectivity index (χ1n) is 9.43. The fourth-order valence-electron chi connectivity index (χ4n) is 2.88. The Bertz CT molecular complexity index is 991. The highest BCUT2D eigenvalue weighted by atomic mass is 32.2. The lowest BCUT2D eigenvalue weighted by molar-refractivity contribution is 0.0683. The third kappa shape index (κ3) is 4.58. The van der Waals surface area contributed by atoms with Crippen molar-refractivity contribution in [2.24, 2.45) is 0 Å². The number of thioether (sulfide) groups is 1. The normalized spacial score (nSPS) is 12.2. The first-order valence-corrected chi connectivity index (χ1v) is 10.4. The highest BCUT2D eigenvalue weighted by Crippen LogP contribution is 2.36. The molecule has 0 saturated heterocycles. The summed E-state index contributed by atoms with van der Waals surface area (Å²) in [7, 11) is 0. The second kappa shape index (κ2) is 9.07. The van der Waals surface area contributed by atoms with Crippen molar-refractivity contribution in [2.45, 2.75) is 30.9 Å². The summed E-state index contributed by atoms with van der Waals surface area (Å²) in [5.74, 6) is 2.27. The monoisotopic (exact) mass is 407 g/mol. The first kappa shape index (κ1) is 19.4. The molecule has 2 heterocycles. The van der Waals surface area contributed by atoms with Crippen molar-refractivity contribution in [3.63, 3.8) is 0 Å². The molecule has 4 aromatic rings. The molecule has 0 aliphatic rings. The SMILES string of the molecule is CCOC(C)c1noc(CSc2nc(-c3ccccc3)c(-c3ccccc3)o2)n1. The van der Waals surface area contributed by atoms with Crippen LogP contribution in [0.1, 0.15) is 31.7 Å². The van der Waals surface area contributed by atoms with Gasteiger partial charge in [0.1, 0.15) is 11.8 Å². The summed E-state index contributed by atoms with van der Waals surface area (Å²) in [5, 5.41) is 4.55. The summed E-state index contributed by atoms with van der Waals surface area (Å²) in [6.07, 6.45) is -0.196. The molecule has 2 aromatic heterocycles. The van der Waals surface area contributed by atoms with E-state index in [9.17, 15) is 0 Å². The molecule has 2 aromatic carbocycles. The van der Waals surface area contributed by atoms with Gasteiger partial charge in [0.05, 0.1) is 5.75 Å². The van der Waals surface area contributed by atoms with Crippen LogP contribution in [0.3, 0.4) is 0 Å².